The Morgan fingerprint density at radius 3 is 2.62 bits per heavy atom. The maximum absolute atomic E-state index is 13.3. The zero-order valence-electron chi connectivity index (χ0n) is 17.9. The molecule has 3 rings (SSSR count). The van der Waals surface area contributed by atoms with Crippen molar-refractivity contribution in [2.75, 3.05) is 34.3 Å². The first-order chi connectivity index (χ1) is 15.2. The van der Waals surface area contributed by atoms with E-state index in [2.05, 4.69) is 5.32 Å². The topological polar surface area (TPSA) is 109 Å². The Bertz CT molecular complexity index is 1240. The van der Waals surface area contributed by atoms with E-state index in [1.807, 2.05) is 19.0 Å². The van der Waals surface area contributed by atoms with Crippen molar-refractivity contribution < 1.29 is 23.8 Å². The summed E-state index contributed by atoms with van der Waals surface area (Å²) in [6.07, 6.45) is 0.671. The number of hydrogen-bond donors (Lipinski definition) is 2. The molecule has 0 aliphatic rings. The number of ether oxygens (including phenoxy) is 1. The quantitative estimate of drug-likeness (QED) is 0.394. The number of phenolic OH excluding ortho intramolecular Hbond substituents is 1. The number of fused-ring (bicyclic) bond motifs is 1. The lowest BCUT2D eigenvalue weighted by Gasteiger charge is -2.12. The van der Waals surface area contributed by atoms with Crippen LogP contribution in [-0.4, -0.2) is 56.0 Å². The van der Waals surface area contributed by atoms with Crippen LogP contribution in [-0.2, 0) is 0 Å². The van der Waals surface area contributed by atoms with Gasteiger partial charge >= 0.3 is 0 Å². The highest BCUT2D eigenvalue weighted by molar-refractivity contribution is 6.31. The number of methoxy groups -OCH3 is 1. The third kappa shape index (κ3) is 4.92. The molecule has 2 N–H and O–H groups in total. The molecule has 3 aromatic rings. The van der Waals surface area contributed by atoms with Crippen LogP contribution in [0.3, 0.4) is 0 Å². The highest BCUT2D eigenvalue weighted by Gasteiger charge is 2.27. The lowest BCUT2D eigenvalue weighted by molar-refractivity contribution is 0.0912. The van der Waals surface area contributed by atoms with Crippen molar-refractivity contribution in [2.24, 2.45) is 0 Å². The van der Waals surface area contributed by atoms with Gasteiger partial charge in [0.1, 0.15) is 11.1 Å². The van der Waals surface area contributed by atoms with Crippen LogP contribution in [0.1, 0.15) is 32.9 Å². The van der Waals surface area contributed by atoms with Crippen LogP contribution in [0.5, 0.6) is 11.5 Å². The monoisotopic (exact) mass is 458 g/mol. The molecule has 0 saturated heterocycles. The molecule has 0 saturated carbocycles. The molecule has 0 atom stereocenters. The summed E-state index contributed by atoms with van der Waals surface area (Å²) in [6, 6.07) is 8.28. The lowest BCUT2D eigenvalue weighted by Crippen LogP contribution is -2.31. The van der Waals surface area contributed by atoms with Crippen molar-refractivity contribution in [2.45, 2.75) is 6.42 Å². The minimum Gasteiger partial charge on any atom is -0.504 e. The number of amides is 1. The average molecular weight is 459 g/mol. The van der Waals surface area contributed by atoms with Crippen LogP contribution in [0.2, 0.25) is 5.02 Å². The Morgan fingerprint density at radius 1 is 1.19 bits per heavy atom. The fourth-order valence-corrected chi connectivity index (χ4v) is 3.35. The lowest BCUT2D eigenvalue weighted by atomic mass is 9.99. The van der Waals surface area contributed by atoms with E-state index in [0.717, 1.165) is 6.54 Å². The number of carbonyl (C=O) groups excluding carboxylic acids is 2. The van der Waals surface area contributed by atoms with Gasteiger partial charge in [0.2, 0.25) is 17.0 Å². The van der Waals surface area contributed by atoms with E-state index in [9.17, 15) is 19.5 Å². The van der Waals surface area contributed by atoms with Crippen molar-refractivity contribution in [3.05, 3.63) is 68.5 Å². The molecule has 9 heteroatoms. The molecule has 0 unspecified atom stereocenters. The van der Waals surface area contributed by atoms with Crippen molar-refractivity contribution >= 4 is 34.3 Å². The third-order valence-electron chi connectivity index (χ3n) is 4.80. The Morgan fingerprint density at radius 2 is 1.94 bits per heavy atom. The summed E-state index contributed by atoms with van der Waals surface area (Å²) in [5, 5.41) is 12.9. The molecule has 0 bridgehead atoms. The van der Waals surface area contributed by atoms with Gasteiger partial charge in [0.15, 0.2) is 11.5 Å². The second kappa shape index (κ2) is 9.84. The molecule has 1 heterocycles. The molecular formula is C23H23ClN2O6. The fraction of sp³-hybridized carbons (Fsp3) is 0.261. The number of ketones is 1. The van der Waals surface area contributed by atoms with E-state index in [0.29, 0.717) is 13.0 Å². The predicted molar refractivity (Wildman–Crippen MR) is 121 cm³/mol. The molecule has 0 spiro atoms. The summed E-state index contributed by atoms with van der Waals surface area (Å²) in [5.41, 5.74) is -0.908. The summed E-state index contributed by atoms with van der Waals surface area (Å²) in [7, 11) is 5.17. The predicted octanol–water partition coefficient (Wildman–Crippen LogP) is 3.07. The summed E-state index contributed by atoms with van der Waals surface area (Å²) in [5.74, 6) is -1.91. The van der Waals surface area contributed by atoms with E-state index in [1.54, 1.807) is 0 Å². The SMILES string of the molecule is COc1cc(C(=O)c2c(C(=O)NCCCN(C)C)oc3ccc(Cl)cc3c2=O)ccc1O. The second-order valence-electron chi connectivity index (χ2n) is 7.40. The van der Waals surface area contributed by atoms with E-state index in [4.69, 9.17) is 20.8 Å². The number of nitrogens with zero attached hydrogens (tertiary/aromatic N) is 1. The van der Waals surface area contributed by atoms with Crippen LogP contribution in [0.25, 0.3) is 11.0 Å². The van der Waals surface area contributed by atoms with Crippen molar-refractivity contribution in [3.8, 4) is 11.5 Å². The molecule has 0 aliphatic carbocycles. The molecule has 0 fully saturated rings. The maximum atomic E-state index is 13.3. The van der Waals surface area contributed by atoms with Gasteiger partial charge in [0, 0.05) is 17.1 Å². The molecule has 8 nitrogen and oxygen atoms in total. The largest absolute Gasteiger partial charge is 0.504 e. The molecule has 1 aromatic heterocycles. The normalized spacial score (nSPS) is 11.0. The van der Waals surface area contributed by atoms with Gasteiger partial charge in [-0.1, -0.05) is 11.6 Å². The maximum Gasteiger partial charge on any atom is 0.287 e. The summed E-state index contributed by atoms with van der Waals surface area (Å²) in [4.78, 5) is 41.4. The summed E-state index contributed by atoms with van der Waals surface area (Å²) in [6.45, 7) is 1.08. The minimum absolute atomic E-state index is 0.0509. The van der Waals surface area contributed by atoms with E-state index in [-0.39, 0.29) is 38.8 Å². The van der Waals surface area contributed by atoms with Gasteiger partial charge in [-0.15, -0.1) is 0 Å². The highest BCUT2D eigenvalue weighted by Crippen LogP contribution is 2.28. The third-order valence-corrected chi connectivity index (χ3v) is 5.03. The highest BCUT2D eigenvalue weighted by atomic mass is 35.5. The van der Waals surface area contributed by atoms with Gasteiger partial charge in [-0.3, -0.25) is 14.4 Å². The molecule has 0 radical (unpaired) electrons. The Labute approximate surface area is 189 Å². The molecular weight excluding hydrogens is 436 g/mol. The van der Waals surface area contributed by atoms with Crippen LogP contribution < -0.4 is 15.5 Å². The van der Waals surface area contributed by atoms with Gasteiger partial charge in [-0.05, 0) is 63.5 Å². The van der Waals surface area contributed by atoms with Crippen molar-refractivity contribution in [1.82, 2.24) is 10.2 Å². The van der Waals surface area contributed by atoms with Crippen LogP contribution in [0.15, 0.2) is 45.6 Å². The average Bonchev–Trinajstić information content (AvgIpc) is 2.76. The summed E-state index contributed by atoms with van der Waals surface area (Å²) >= 11 is 6.02. The molecule has 2 aromatic carbocycles. The Balaban J connectivity index is 2.10. The van der Waals surface area contributed by atoms with Crippen LogP contribution in [0, 0.1) is 0 Å². The standard InChI is InChI=1S/C23H23ClN2O6/c1-26(2)10-4-9-25-23(30)22-19(20(28)13-5-7-16(27)18(11-13)31-3)21(29)15-12-14(24)6-8-17(15)32-22/h5-8,11-12,27H,4,9-10H2,1-3H3,(H,25,30). The van der Waals surface area contributed by atoms with E-state index in [1.165, 1.54) is 43.5 Å². The Hall–Kier alpha value is -3.36. The first kappa shape index (κ1) is 23.3. The van der Waals surface area contributed by atoms with Gasteiger partial charge in [0.05, 0.1) is 12.5 Å². The fourth-order valence-electron chi connectivity index (χ4n) is 3.17. The second-order valence-corrected chi connectivity index (χ2v) is 7.84. The number of aromatic hydroxyl groups is 1. The van der Waals surface area contributed by atoms with Gasteiger partial charge < -0.3 is 24.5 Å². The first-order valence-electron chi connectivity index (χ1n) is 9.84. The van der Waals surface area contributed by atoms with Crippen LogP contribution >= 0.6 is 11.6 Å². The number of hydrogen-bond acceptors (Lipinski definition) is 7. The molecule has 0 aliphatic heterocycles. The van der Waals surface area contributed by atoms with Gasteiger partial charge in [-0.25, -0.2) is 0 Å². The Kier molecular flexibility index (Phi) is 7.17. The number of rotatable bonds is 8. The van der Waals surface area contributed by atoms with Crippen LogP contribution in [0.4, 0.5) is 0 Å². The van der Waals surface area contributed by atoms with E-state index >= 15 is 0 Å². The smallest absolute Gasteiger partial charge is 0.287 e. The molecule has 168 valence electrons. The van der Waals surface area contributed by atoms with Gasteiger partial charge in [0.25, 0.3) is 5.91 Å². The molecule has 1 amide bonds. The number of phenols is 1. The molecule has 32 heavy (non-hydrogen) atoms. The van der Waals surface area contributed by atoms with Crippen molar-refractivity contribution in [3.63, 3.8) is 0 Å². The first-order valence-corrected chi connectivity index (χ1v) is 10.2. The summed E-state index contributed by atoms with van der Waals surface area (Å²) < 4.78 is 10.8. The minimum atomic E-state index is -0.739. The number of halogens is 1. The van der Waals surface area contributed by atoms with E-state index < -0.39 is 22.7 Å². The van der Waals surface area contributed by atoms with Crippen molar-refractivity contribution in [1.29, 1.82) is 0 Å². The zero-order chi connectivity index (χ0) is 23.4. The number of nitrogens with one attached hydrogen (secondary N) is 1. The van der Waals surface area contributed by atoms with Gasteiger partial charge in [-0.2, -0.15) is 0 Å². The zero-order valence-corrected chi connectivity index (χ0v) is 18.7. The number of benzene rings is 2. The number of carbonyl (C=O) groups is 2.